The summed E-state index contributed by atoms with van der Waals surface area (Å²) in [6, 6.07) is 13.8. The van der Waals surface area contributed by atoms with Gasteiger partial charge in [-0.05, 0) is 55.5 Å². The number of carbonyl (C=O) groups is 1. The number of nitrogens with zero attached hydrogens (tertiary/aromatic N) is 2. The molecule has 0 spiro atoms. The number of hydrogen-bond acceptors (Lipinski definition) is 4. The molecule has 1 aromatic heterocycles. The highest BCUT2D eigenvalue weighted by atomic mass is 35.5. The van der Waals surface area contributed by atoms with Crippen molar-refractivity contribution in [1.82, 2.24) is 20.5 Å². The van der Waals surface area contributed by atoms with E-state index in [2.05, 4.69) is 20.5 Å². The van der Waals surface area contributed by atoms with Gasteiger partial charge in [-0.3, -0.25) is 9.89 Å². The summed E-state index contributed by atoms with van der Waals surface area (Å²) >= 11 is 5.89. The Labute approximate surface area is 150 Å². The molecule has 2 N–H and O–H groups in total. The van der Waals surface area contributed by atoms with Gasteiger partial charge in [0.2, 0.25) is 0 Å². The van der Waals surface area contributed by atoms with Gasteiger partial charge >= 0.3 is 0 Å². The summed E-state index contributed by atoms with van der Waals surface area (Å²) in [5.74, 6) is 1.64. The van der Waals surface area contributed by atoms with Crippen LogP contribution in [0.1, 0.15) is 29.1 Å². The van der Waals surface area contributed by atoms with E-state index in [9.17, 15) is 4.79 Å². The third kappa shape index (κ3) is 3.97. The summed E-state index contributed by atoms with van der Waals surface area (Å²) in [6.45, 7) is 1.84. The molecule has 0 aliphatic rings. The van der Waals surface area contributed by atoms with E-state index in [0.29, 0.717) is 28.0 Å². The van der Waals surface area contributed by atoms with E-state index >= 15 is 0 Å². The van der Waals surface area contributed by atoms with E-state index < -0.39 is 0 Å². The molecule has 3 rings (SSSR count). The van der Waals surface area contributed by atoms with Crippen LogP contribution in [0, 0.1) is 0 Å². The molecular weight excluding hydrogens is 340 g/mol. The van der Waals surface area contributed by atoms with E-state index in [1.54, 1.807) is 43.5 Å². The zero-order valence-corrected chi connectivity index (χ0v) is 14.5. The second kappa shape index (κ2) is 7.36. The van der Waals surface area contributed by atoms with Gasteiger partial charge in [-0.15, -0.1) is 0 Å². The van der Waals surface area contributed by atoms with Crippen molar-refractivity contribution in [2.24, 2.45) is 0 Å². The number of aromatic amines is 1. The highest BCUT2D eigenvalue weighted by molar-refractivity contribution is 6.30. The van der Waals surface area contributed by atoms with Crippen molar-refractivity contribution in [3.63, 3.8) is 0 Å². The molecule has 2 aromatic carbocycles. The molecule has 0 aliphatic carbocycles. The van der Waals surface area contributed by atoms with E-state index in [1.807, 2.05) is 19.1 Å². The summed E-state index contributed by atoms with van der Waals surface area (Å²) in [5, 5.41) is 10.6. The standard InChI is InChI=1S/C18H17ClN4O2/c1-11(20-18(24)13-5-9-15(25-2)10-6-13)16-21-17(23-22-16)12-3-7-14(19)8-4-12/h3-11H,1-2H3,(H,20,24)(H,21,22,23)/t11-/m0/s1. The number of halogens is 1. The van der Waals surface area contributed by atoms with Gasteiger partial charge in [-0.2, -0.15) is 5.10 Å². The van der Waals surface area contributed by atoms with Gasteiger partial charge in [-0.1, -0.05) is 11.6 Å². The SMILES string of the molecule is COc1ccc(C(=O)N[C@@H](C)c2nc(-c3ccc(Cl)cc3)n[nH]2)cc1. The van der Waals surface area contributed by atoms with Gasteiger partial charge in [0.05, 0.1) is 13.2 Å². The fourth-order valence-corrected chi connectivity index (χ4v) is 2.41. The van der Waals surface area contributed by atoms with Gasteiger partial charge in [0, 0.05) is 16.1 Å². The Morgan fingerprint density at radius 1 is 1.16 bits per heavy atom. The Balaban J connectivity index is 1.69. The number of nitrogens with one attached hydrogen (secondary N) is 2. The van der Waals surface area contributed by atoms with Crippen molar-refractivity contribution in [2.75, 3.05) is 7.11 Å². The highest BCUT2D eigenvalue weighted by Crippen LogP contribution is 2.19. The molecule has 1 heterocycles. The third-order valence-corrected chi connectivity index (χ3v) is 3.97. The lowest BCUT2D eigenvalue weighted by atomic mass is 10.2. The van der Waals surface area contributed by atoms with Gasteiger partial charge in [0.1, 0.15) is 11.6 Å². The average molecular weight is 357 g/mol. The van der Waals surface area contributed by atoms with Crippen molar-refractivity contribution in [3.05, 3.63) is 64.9 Å². The Bertz CT molecular complexity index is 860. The van der Waals surface area contributed by atoms with Crippen LogP contribution < -0.4 is 10.1 Å². The molecule has 25 heavy (non-hydrogen) atoms. The molecule has 1 atom stereocenters. The molecule has 0 fully saturated rings. The second-order valence-corrected chi connectivity index (χ2v) is 5.91. The molecule has 0 saturated heterocycles. The molecule has 0 saturated carbocycles. The van der Waals surface area contributed by atoms with Crippen molar-refractivity contribution in [1.29, 1.82) is 0 Å². The van der Waals surface area contributed by atoms with Crippen LogP contribution in [-0.4, -0.2) is 28.2 Å². The maximum atomic E-state index is 12.3. The topological polar surface area (TPSA) is 79.9 Å². The lowest BCUT2D eigenvalue weighted by Gasteiger charge is -2.11. The fourth-order valence-electron chi connectivity index (χ4n) is 2.29. The first kappa shape index (κ1) is 17.0. The van der Waals surface area contributed by atoms with Gasteiger partial charge < -0.3 is 10.1 Å². The first-order valence-electron chi connectivity index (χ1n) is 7.70. The molecule has 6 nitrogen and oxygen atoms in total. The third-order valence-electron chi connectivity index (χ3n) is 3.72. The minimum Gasteiger partial charge on any atom is -0.497 e. The molecule has 0 bridgehead atoms. The predicted octanol–water partition coefficient (Wildman–Crippen LogP) is 3.62. The van der Waals surface area contributed by atoms with Crippen LogP contribution in [0.25, 0.3) is 11.4 Å². The number of benzene rings is 2. The maximum Gasteiger partial charge on any atom is 0.251 e. The van der Waals surface area contributed by atoms with Crippen LogP contribution >= 0.6 is 11.6 Å². The quantitative estimate of drug-likeness (QED) is 0.731. The van der Waals surface area contributed by atoms with Crippen LogP contribution in [-0.2, 0) is 0 Å². The summed E-state index contributed by atoms with van der Waals surface area (Å²) in [5.41, 5.74) is 1.39. The minimum atomic E-state index is -0.317. The van der Waals surface area contributed by atoms with E-state index in [0.717, 1.165) is 5.56 Å². The highest BCUT2D eigenvalue weighted by Gasteiger charge is 2.16. The van der Waals surface area contributed by atoms with E-state index in [4.69, 9.17) is 16.3 Å². The number of rotatable bonds is 5. The number of hydrogen-bond donors (Lipinski definition) is 2. The van der Waals surface area contributed by atoms with Gasteiger partial charge in [0.25, 0.3) is 5.91 Å². The number of ether oxygens (including phenoxy) is 1. The normalized spacial score (nSPS) is 11.8. The number of H-pyrrole nitrogens is 1. The summed E-state index contributed by atoms with van der Waals surface area (Å²) in [6.07, 6.45) is 0. The summed E-state index contributed by atoms with van der Waals surface area (Å²) < 4.78 is 5.09. The molecule has 3 aromatic rings. The Morgan fingerprint density at radius 2 is 1.84 bits per heavy atom. The van der Waals surface area contributed by atoms with Crippen LogP contribution in [0.4, 0.5) is 0 Å². The van der Waals surface area contributed by atoms with Crippen LogP contribution in [0.15, 0.2) is 48.5 Å². The first-order chi connectivity index (χ1) is 12.1. The first-order valence-corrected chi connectivity index (χ1v) is 8.08. The smallest absolute Gasteiger partial charge is 0.251 e. The Kier molecular flexibility index (Phi) is 5.00. The number of carbonyl (C=O) groups excluding carboxylic acids is 1. The number of amides is 1. The van der Waals surface area contributed by atoms with Crippen molar-refractivity contribution in [2.45, 2.75) is 13.0 Å². The van der Waals surface area contributed by atoms with Crippen molar-refractivity contribution < 1.29 is 9.53 Å². The van der Waals surface area contributed by atoms with Gasteiger partial charge in [-0.25, -0.2) is 4.98 Å². The molecular formula is C18H17ClN4O2. The zero-order valence-electron chi connectivity index (χ0n) is 13.8. The summed E-state index contributed by atoms with van der Waals surface area (Å²) in [4.78, 5) is 16.8. The Morgan fingerprint density at radius 3 is 2.48 bits per heavy atom. The Hall–Kier alpha value is -2.86. The minimum absolute atomic E-state index is 0.195. The monoisotopic (exact) mass is 356 g/mol. The van der Waals surface area contributed by atoms with Gasteiger partial charge in [0.15, 0.2) is 5.82 Å². The molecule has 1 amide bonds. The van der Waals surface area contributed by atoms with E-state index in [-0.39, 0.29) is 11.9 Å². The molecule has 7 heteroatoms. The van der Waals surface area contributed by atoms with Crippen LogP contribution in [0.5, 0.6) is 5.75 Å². The lowest BCUT2D eigenvalue weighted by molar-refractivity contribution is 0.0938. The second-order valence-electron chi connectivity index (χ2n) is 5.47. The molecule has 0 aliphatic heterocycles. The number of methoxy groups -OCH3 is 1. The average Bonchev–Trinajstić information content (AvgIpc) is 3.12. The maximum absolute atomic E-state index is 12.3. The van der Waals surface area contributed by atoms with E-state index in [1.165, 1.54) is 0 Å². The van der Waals surface area contributed by atoms with Crippen molar-refractivity contribution in [3.8, 4) is 17.1 Å². The zero-order chi connectivity index (χ0) is 17.8. The lowest BCUT2D eigenvalue weighted by Crippen LogP contribution is -2.27. The van der Waals surface area contributed by atoms with Crippen LogP contribution in [0.2, 0.25) is 5.02 Å². The molecule has 0 unspecified atom stereocenters. The predicted molar refractivity (Wildman–Crippen MR) is 95.7 cm³/mol. The summed E-state index contributed by atoms with van der Waals surface area (Å²) in [7, 11) is 1.58. The largest absolute Gasteiger partial charge is 0.497 e. The number of aromatic nitrogens is 3. The molecule has 0 radical (unpaired) electrons. The van der Waals surface area contributed by atoms with Crippen molar-refractivity contribution >= 4 is 17.5 Å². The molecule has 128 valence electrons. The van der Waals surface area contributed by atoms with Crippen LogP contribution in [0.3, 0.4) is 0 Å². The fraction of sp³-hybridized carbons (Fsp3) is 0.167.